The minimum Gasteiger partial charge on any atom is -0.456 e. The molecule has 5 nitrogen and oxygen atoms in total. The molecule has 148 valence electrons. The zero-order chi connectivity index (χ0) is 19.4. The van der Waals surface area contributed by atoms with Gasteiger partial charge in [-0.05, 0) is 69.8 Å². The summed E-state index contributed by atoms with van der Waals surface area (Å²) in [4.78, 5) is 24.9. The molecular weight excluding hydrogens is 340 g/mol. The van der Waals surface area contributed by atoms with E-state index in [1.54, 1.807) is 24.3 Å². The Labute approximate surface area is 162 Å². The summed E-state index contributed by atoms with van der Waals surface area (Å²) in [5.74, 6) is 0.786. The van der Waals surface area contributed by atoms with E-state index >= 15 is 0 Å². The van der Waals surface area contributed by atoms with Crippen LogP contribution in [-0.4, -0.2) is 30.1 Å². The zero-order valence-electron chi connectivity index (χ0n) is 16.7. The van der Waals surface area contributed by atoms with Crippen LogP contribution in [0.25, 0.3) is 0 Å². The van der Waals surface area contributed by atoms with Crippen LogP contribution in [0.2, 0.25) is 0 Å². The van der Waals surface area contributed by atoms with Gasteiger partial charge >= 0.3 is 5.97 Å². The third-order valence-corrected chi connectivity index (χ3v) is 5.59. The lowest BCUT2D eigenvalue weighted by Crippen LogP contribution is -2.42. The smallest absolute Gasteiger partial charge is 0.338 e. The van der Waals surface area contributed by atoms with Gasteiger partial charge in [0.05, 0.1) is 11.6 Å². The van der Waals surface area contributed by atoms with Gasteiger partial charge in [0, 0.05) is 5.69 Å². The van der Waals surface area contributed by atoms with Crippen LogP contribution >= 0.6 is 0 Å². The molecule has 5 heteroatoms. The second-order valence-electron chi connectivity index (χ2n) is 8.85. The lowest BCUT2D eigenvalue weighted by Gasteiger charge is -2.30. The molecule has 2 atom stereocenters. The summed E-state index contributed by atoms with van der Waals surface area (Å²) in [6, 6.07) is 6.82. The van der Waals surface area contributed by atoms with Gasteiger partial charge in [0.15, 0.2) is 0 Å². The van der Waals surface area contributed by atoms with Crippen LogP contribution in [0.3, 0.4) is 0 Å². The van der Waals surface area contributed by atoms with Crippen LogP contribution in [0.5, 0.6) is 0 Å². The number of hydrogen-bond acceptors (Lipinski definition) is 4. The number of anilines is 1. The van der Waals surface area contributed by atoms with Crippen LogP contribution in [0.4, 0.5) is 5.69 Å². The van der Waals surface area contributed by atoms with Gasteiger partial charge in [0.2, 0.25) is 5.91 Å². The monoisotopic (exact) mass is 372 g/mol. The second kappa shape index (κ2) is 8.42. The maximum atomic E-state index is 12.8. The first-order chi connectivity index (χ1) is 12.8. The molecule has 2 aliphatic rings. The van der Waals surface area contributed by atoms with Crippen LogP contribution in [0, 0.1) is 11.8 Å². The highest BCUT2D eigenvalue weighted by Crippen LogP contribution is 2.36. The third-order valence-electron chi connectivity index (χ3n) is 5.59. The largest absolute Gasteiger partial charge is 0.456 e. The molecular formula is C22H32N2O3. The molecule has 1 saturated heterocycles. The van der Waals surface area contributed by atoms with Gasteiger partial charge in [-0.15, -0.1) is 0 Å². The highest BCUT2D eigenvalue weighted by Gasteiger charge is 2.38. The van der Waals surface area contributed by atoms with Gasteiger partial charge in [-0.25, -0.2) is 4.79 Å². The van der Waals surface area contributed by atoms with Crippen LogP contribution in [-0.2, 0) is 9.53 Å². The van der Waals surface area contributed by atoms with E-state index in [1.807, 2.05) is 20.8 Å². The number of rotatable bonds is 4. The van der Waals surface area contributed by atoms with Crippen molar-refractivity contribution in [2.24, 2.45) is 11.8 Å². The Hall–Kier alpha value is -1.88. The van der Waals surface area contributed by atoms with Gasteiger partial charge in [0.25, 0.3) is 0 Å². The van der Waals surface area contributed by atoms with Crippen LogP contribution in [0.15, 0.2) is 24.3 Å². The number of carbonyl (C=O) groups is 2. The Kier molecular flexibility index (Phi) is 6.20. The van der Waals surface area contributed by atoms with Crippen molar-refractivity contribution >= 4 is 17.6 Å². The fraction of sp³-hybridized carbons (Fsp3) is 0.636. The molecule has 0 unspecified atom stereocenters. The predicted molar refractivity (Wildman–Crippen MR) is 107 cm³/mol. The van der Waals surface area contributed by atoms with Gasteiger partial charge in [-0.2, -0.15) is 0 Å². The fourth-order valence-electron chi connectivity index (χ4n) is 4.33. The lowest BCUT2D eigenvalue weighted by atomic mass is 9.76. The first-order valence-electron chi connectivity index (χ1n) is 10.2. The number of hydrogen-bond donors (Lipinski definition) is 2. The summed E-state index contributed by atoms with van der Waals surface area (Å²) in [6.45, 7) is 6.45. The Morgan fingerprint density at radius 1 is 1.04 bits per heavy atom. The van der Waals surface area contributed by atoms with Crippen molar-refractivity contribution in [3.8, 4) is 0 Å². The minimum atomic E-state index is -0.522. The number of nitrogens with one attached hydrogen (secondary N) is 2. The molecule has 2 N–H and O–H groups in total. The average Bonchev–Trinajstić information content (AvgIpc) is 3.11. The van der Waals surface area contributed by atoms with E-state index in [0.717, 1.165) is 13.0 Å². The summed E-state index contributed by atoms with van der Waals surface area (Å²) in [6.07, 6.45) is 7.50. The number of ether oxygens (including phenoxy) is 1. The average molecular weight is 373 g/mol. The van der Waals surface area contributed by atoms with E-state index in [9.17, 15) is 9.59 Å². The summed E-state index contributed by atoms with van der Waals surface area (Å²) < 4.78 is 5.37. The first kappa shape index (κ1) is 19.9. The molecule has 1 aliphatic carbocycles. The van der Waals surface area contributed by atoms with Crippen molar-refractivity contribution in [1.82, 2.24) is 5.32 Å². The van der Waals surface area contributed by atoms with Crippen molar-refractivity contribution in [1.29, 1.82) is 0 Å². The molecule has 1 amide bonds. The molecule has 0 aromatic heterocycles. The maximum absolute atomic E-state index is 12.8. The molecule has 1 aliphatic heterocycles. The summed E-state index contributed by atoms with van der Waals surface area (Å²) in [5.41, 5.74) is 0.678. The van der Waals surface area contributed by atoms with Gasteiger partial charge in [0.1, 0.15) is 5.60 Å². The Morgan fingerprint density at radius 3 is 2.33 bits per heavy atom. The molecule has 1 heterocycles. The summed E-state index contributed by atoms with van der Waals surface area (Å²) >= 11 is 0. The van der Waals surface area contributed by atoms with Gasteiger partial charge < -0.3 is 15.4 Å². The van der Waals surface area contributed by atoms with Crippen LogP contribution < -0.4 is 10.6 Å². The standard InChI is InChI=1S/C22H32N2O3/c1-22(2,3)27-21(26)16-9-11-17(12-10-16)24-20(25)19-18(13-14-23-19)15-7-5-4-6-8-15/h9-12,15,18-19,23H,4-8,13-14H2,1-3H3,(H,24,25)/t18-,19-/m0/s1. The maximum Gasteiger partial charge on any atom is 0.338 e. The van der Waals surface area contributed by atoms with Crippen molar-refractivity contribution in [3.05, 3.63) is 29.8 Å². The van der Waals surface area contributed by atoms with E-state index in [2.05, 4.69) is 10.6 Å². The topological polar surface area (TPSA) is 67.4 Å². The molecule has 2 fully saturated rings. The van der Waals surface area contributed by atoms with Crippen LogP contribution in [0.1, 0.15) is 69.7 Å². The lowest BCUT2D eigenvalue weighted by molar-refractivity contribution is -0.119. The van der Waals surface area contributed by atoms with Crippen molar-refractivity contribution in [2.45, 2.75) is 70.9 Å². The van der Waals surface area contributed by atoms with Crippen molar-refractivity contribution in [3.63, 3.8) is 0 Å². The van der Waals surface area contributed by atoms with E-state index in [0.29, 0.717) is 23.1 Å². The second-order valence-corrected chi connectivity index (χ2v) is 8.85. The Balaban J connectivity index is 1.59. The highest BCUT2D eigenvalue weighted by molar-refractivity contribution is 5.96. The normalized spacial score (nSPS) is 23.8. The molecule has 1 saturated carbocycles. The number of esters is 1. The quantitative estimate of drug-likeness (QED) is 0.780. The molecule has 0 radical (unpaired) electrons. The van der Waals surface area contributed by atoms with E-state index in [1.165, 1.54) is 32.1 Å². The van der Waals surface area contributed by atoms with E-state index in [4.69, 9.17) is 4.74 Å². The highest BCUT2D eigenvalue weighted by atomic mass is 16.6. The molecule has 0 bridgehead atoms. The third kappa shape index (κ3) is 5.32. The Morgan fingerprint density at radius 2 is 1.70 bits per heavy atom. The molecule has 0 spiro atoms. The van der Waals surface area contributed by atoms with Crippen molar-refractivity contribution in [2.75, 3.05) is 11.9 Å². The fourth-order valence-corrected chi connectivity index (χ4v) is 4.33. The van der Waals surface area contributed by atoms with E-state index in [-0.39, 0.29) is 17.9 Å². The molecule has 1 aromatic rings. The summed E-state index contributed by atoms with van der Waals surface area (Å²) in [7, 11) is 0. The first-order valence-corrected chi connectivity index (χ1v) is 10.2. The molecule has 1 aromatic carbocycles. The van der Waals surface area contributed by atoms with Crippen molar-refractivity contribution < 1.29 is 14.3 Å². The predicted octanol–water partition coefficient (Wildman–Crippen LogP) is 4.14. The Bertz CT molecular complexity index is 657. The minimum absolute atomic E-state index is 0.0353. The summed E-state index contributed by atoms with van der Waals surface area (Å²) in [5, 5.41) is 6.41. The SMILES string of the molecule is CC(C)(C)OC(=O)c1ccc(NC(=O)[C@H]2NCC[C@H]2C2CCCCC2)cc1. The number of amides is 1. The molecule has 27 heavy (non-hydrogen) atoms. The molecule has 3 rings (SSSR count). The number of carbonyl (C=O) groups excluding carboxylic acids is 2. The van der Waals surface area contributed by atoms with E-state index < -0.39 is 5.60 Å². The van der Waals surface area contributed by atoms with Gasteiger partial charge in [-0.1, -0.05) is 32.1 Å². The zero-order valence-corrected chi connectivity index (χ0v) is 16.7. The number of benzene rings is 1. The van der Waals surface area contributed by atoms with Gasteiger partial charge in [-0.3, -0.25) is 4.79 Å².